The SMILES string of the molecule is CCc1cc2c(c(OC(C)C)c(C(=O)N[C@H]3CCC[C@H]3C(N)=O)n2C)c(=O)n1-c1ccc(F)cc1. The molecule has 0 unspecified atom stereocenters. The monoisotopic (exact) mass is 482 g/mol. The van der Waals surface area contributed by atoms with Crippen molar-refractivity contribution < 1.29 is 18.7 Å². The molecule has 1 saturated carbocycles. The summed E-state index contributed by atoms with van der Waals surface area (Å²) in [6.07, 6.45) is 2.32. The Morgan fingerprint density at radius 3 is 2.51 bits per heavy atom. The van der Waals surface area contributed by atoms with Crippen molar-refractivity contribution in [2.24, 2.45) is 18.7 Å². The number of aryl methyl sites for hydroxylation is 2. The van der Waals surface area contributed by atoms with Gasteiger partial charge in [-0.3, -0.25) is 19.0 Å². The Balaban J connectivity index is 1.91. The van der Waals surface area contributed by atoms with Crippen LogP contribution in [0.2, 0.25) is 0 Å². The molecule has 4 rings (SSSR count). The van der Waals surface area contributed by atoms with E-state index < -0.39 is 23.5 Å². The van der Waals surface area contributed by atoms with Gasteiger partial charge >= 0.3 is 0 Å². The van der Waals surface area contributed by atoms with Gasteiger partial charge in [0.1, 0.15) is 11.2 Å². The van der Waals surface area contributed by atoms with E-state index in [1.807, 2.05) is 26.8 Å². The molecule has 9 heteroatoms. The van der Waals surface area contributed by atoms with Crippen LogP contribution in [0.15, 0.2) is 35.1 Å². The van der Waals surface area contributed by atoms with Gasteiger partial charge in [-0.1, -0.05) is 13.3 Å². The highest BCUT2D eigenvalue weighted by Crippen LogP contribution is 2.33. The van der Waals surface area contributed by atoms with Gasteiger partial charge in [0.05, 0.1) is 17.5 Å². The summed E-state index contributed by atoms with van der Waals surface area (Å²) in [6, 6.07) is 7.18. The minimum Gasteiger partial charge on any atom is -0.488 e. The fourth-order valence-corrected chi connectivity index (χ4v) is 4.96. The number of halogens is 1. The van der Waals surface area contributed by atoms with Crippen LogP contribution >= 0.6 is 0 Å². The molecule has 186 valence electrons. The molecule has 8 nitrogen and oxygen atoms in total. The first-order chi connectivity index (χ1) is 16.6. The summed E-state index contributed by atoms with van der Waals surface area (Å²) in [4.78, 5) is 39.2. The molecule has 1 aliphatic rings. The second-order valence-corrected chi connectivity index (χ2v) is 9.29. The van der Waals surface area contributed by atoms with E-state index in [4.69, 9.17) is 10.5 Å². The Kier molecular flexibility index (Phi) is 6.69. The number of nitrogens with zero attached hydrogens (tertiary/aromatic N) is 2. The normalized spacial score (nSPS) is 17.8. The Bertz CT molecular complexity index is 1340. The number of fused-ring (bicyclic) bond motifs is 1. The molecule has 0 saturated heterocycles. The van der Waals surface area contributed by atoms with Gasteiger partial charge in [-0.05, 0) is 63.4 Å². The molecule has 3 N–H and O–H groups in total. The zero-order valence-corrected chi connectivity index (χ0v) is 20.4. The number of benzene rings is 1. The van der Waals surface area contributed by atoms with E-state index in [0.29, 0.717) is 36.2 Å². The van der Waals surface area contributed by atoms with Crippen LogP contribution in [0.4, 0.5) is 4.39 Å². The molecule has 2 heterocycles. The molecule has 2 atom stereocenters. The van der Waals surface area contributed by atoms with Crippen LogP contribution in [0.5, 0.6) is 5.75 Å². The number of pyridine rings is 1. The van der Waals surface area contributed by atoms with E-state index in [9.17, 15) is 18.8 Å². The molecular formula is C26H31FN4O4. The third kappa shape index (κ3) is 4.42. The summed E-state index contributed by atoms with van der Waals surface area (Å²) < 4.78 is 22.8. The summed E-state index contributed by atoms with van der Waals surface area (Å²) in [7, 11) is 1.71. The summed E-state index contributed by atoms with van der Waals surface area (Å²) >= 11 is 0. The highest BCUT2D eigenvalue weighted by atomic mass is 19.1. The first kappa shape index (κ1) is 24.5. The number of hydrogen-bond donors (Lipinski definition) is 2. The lowest BCUT2D eigenvalue weighted by Gasteiger charge is -2.19. The van der Waals surface area contributed by atoms with Crippen LogP contribution in [-0.2, 0) is 18.3 Å². The van der Waals surface area contributed by atoms with Crippen molar-refractivity contribution in [1.29, 1.82) is 0 Å². The summed E-state index contributed by atoms with van der Waals surface area (Å²) in [5.74, 6) is -1.50. The lowest BCUT2D eigenvalue weighted by Crippen LogP contribution is -2.42. The van der Waals surface area contributed by atoms with Gasteiger partial charge in [0, 0.05) is 24.5 Å². The predicted octanol–water partition coefficient (Wildman–Crippen LogP) is 3.20. The molecule has 2 amide bonds. The third-order valence-electron chi connectivity index (χ3n) is 6.62. The summed E-state index contributed by atoms with van der Waals surface area (Å²) in [5.41, 5.74) is 7.18. The lowest BCUT2D eigenvalue weighted by molar-refractivity contribution is -0.122. The molecule has 0 aliphatic heterocycles. The van der Waals surface area contributed by atoms with E-state index in [0.717, 1.165) is 6.42 Å². The zero-order chi connectivity index (χ0) is 25.4. The number of nitrogens with one attached hydrogen (secondary N) is 1. The fourth-order valence-electron chi connectivity index (χ4n) is 4.96. The minimum atomic E-state index is -0.432. The van der Waals surface area contributed by atoms with Crippen molar-refractivity contribution in [1.82, 2.24) is 14.5 Å². The quantitative estimate of drug-likeness (QED) is 0.539. The van der Waals surface area contributed by atoms with Gasteiger partial charge in [-0.2, -0.15) is 0 Å². The number of hydrogen-bond acceptors (Lipinski definition) is 4. The highest BCUT2D eigenvalue weighted by molar-refractivity contribution is 6.04. The van der Waals surface area contributed by atoms with Crippen molar-refractivity contribution >= 4 is 22.7 Å². The maximum Gasteiger partial charge on any atom is 0.272 e. The van der Waals surface area contributed by atoms with Crippen LogP contribution in [0.25, 0.3) is 16.6 Å². The molecular weight excluding hydrogens is 451 g/mol. The van der Waals surface area contributed by atoms with Gasteiger partial charge in [0.15, 0.2) is 11.4 Å². The molecule has 2 aromatic heterocycles. The van der Waals surface area contributed by atoms with E-state index in [1.54, 1.807) is 23.7 Å². The topological polar surface area (TPSA) is 108 Å². The summed E-state index contributed by atoms with van der Waals surface area (Å²) in [5, 5.41) is 3.22. The van der Waals surface area contributed by atoms with Gasteiger partial charge in [-0.25, -0.2) is 4.39 Å². The fraction of sp³-hybridized carbons (Fsp3) is 0.423. The number of carbonyl (C=O) groups excluding carboxylic acids is 2. The third-order valence-corrected chi connectivity index (χ3v) is 6.62. The Hall–Kier alpha value is -3.62. The van der Waals surface area contributed by atoms with E-state index in [2.05, 4.69) is 5.32 Å². The maximum absolute atomic E-state index is 13.9. The lowest BCUT2D eigenvalue weighted by atomic mass is 10.0. The van der Waals surface area contributed by atoms with Crippen molar-refractivity contribution in [3.8, 4) is 11.4 Å². The molecule has 1 fully saturated rings. The first-order valence-corrected chi connectivity index (χ1v) is 11.9. The molecule has 1 aliphatic carbocycles. The number of aromatic nitrogens is 2. The average molecular weight is 483 g/mol. The second-order valence-electron chi connectivity index (χ2n) is 9.29. The molecule has 0 spiro atoms. The number of amides is 2. The molecule has 1 aromatic carbocycles. The Morgan fingerprint density at radius 2 is 1.91 bits per heavy atom. The predicted molar refractivity (Wildman–Crippen MR) is 131 cm³/mol. The number of primary amides is 1. The van der Waals surface area contributed by atoms with Crippen LogP contribution in [0, 0.1) is 11.7 Å². The van der Waals surface area contributed by atoms with Crippen LogP contribution in [0.1, 0.15) is 56.2 Å². The standard InChI is InChI=1S/C26H31FN4O4/c1-5-16-13-20-21(26(34)31(16)17-11-9-15(27)10-12-17)23(35-14(2)3)22(30(20)4)25(33)29-19-8-6-7-18(19)24(28)32/h9-14,18-19H,5-8H2,1-4H3,(H2,28,32)(H,29,33)/t18-,19+/m1/s1. The van der Waals surface area contributed by atoms with Crippen LogP contribution in [-0.4, -0.2) is 33.1 Å². The summed E-state index contributed by atoms with van der Waals surface area (Å²) in [6.45, 7) is 5.56. The van der Waals surface area contributed by atoms with Crippen molar-refractivity contribution in [3.63, 3.8) is 0 Å². The molecule has 35 heavy (non-hydrogen) atoms. The Morgan fingerprint density at radius 1 is 1.23 bits per heavy atom. The largest absolute Gasteiger partial charge is 0.488 e. The van der Waals surface area contributed by atoms with E-state index >= 15 is 0 Å². The van der Waals surface area contributed by atoms with Crippen molar-refractivity contribution in [3.05, 3.63) is 57.9 Å². The Labute approximate surface area is 202 Å². The van der Waals surface area contributed by atoms with Crippen molar-refractivity contribution in [2.45, 2.75) is 58.6 Å². The number of nitrogens with two attached hydrogens (primary N) is 1. The van der Waals surface area contributed by atoms with Crippen LogP contribution in [0.3, 0.4) is 0 Å². The van der Waals surface area contributed by atoms with Gasteiger partial charge in [0.2, 0.25) is 5.91 Å². The highest BCUT2D eigenvalue weighted by Gasteiger charge is 2.35. The first-order valence-electron chi connectivity index (χ1n) is 11.9. The molecule has 0 radical (unpaired) electrons. The van der Waals surface area contributed by atoms with Crippen molar-refractivity contribution in [2.75, 3.05) is 0 Å². The number of rotatable bonds is 7. The van der Waals surface area contributed by atoms with E-state index in [-0.39, 0.29) is 34.5 Å². The minimum absolute atomic E-state index is 0.187. The number of ether oxygens (including phenoxy) is 1. The van der Waals surface area contributed by atoms with Gasteiger partial charge in [-0.15, -0.1) is 0 Å². The second kappa shape index (κ2) is 9.56. The molecule has 3 aromatic rings. The molecule has 0 bridgehead atoms. The number of carbonyl (C=O) groups is 2. The average Bonchev–Trinajstić information content (AvgIpc) is 3.36. The zero-order valence-electron chi connectivity index (χ0n) is 20.4. The van der Waals surface area contributed by atoms with E-state index in [1.165, 1.54) is 16.7 Å². The smallest absolute Gasteiger partial charge is 0.272 e. The van der Waals surface area contributed by atoms with Gasteiger partial charge in [0.25, 0.3) is 11.5 Å². The van der Waals surface area contributed by atoms with Gasteiger partial charge < -0.3 is 20.4 Å². The maximum atomic E-state index is 13.9. The van der Waals surface area contributed by atoms with Crippen LogP contribution < -0.4 is 21.3 Å².